The van der Waals surface area contributed by atoms with Gasteiger partial charge in [0.25, 0.3) is 5.91 Å². The van der Waals surface area contributed by atoms with Crippen LogP contribution in [0.4, 0.5) is 0 Å². The number of esters is 1. The lowest BCUT2D eigenvalue weighted by Crippen LogP contribution is -2.50. The van der Waals surface area contributed by atoms with Crippen molar-refractivity contribution < 1.29 is 23.2 Å². The van der Waals surface area contributed by atoms with Crippen LogP contribution in [-0.4, -0.2) is 45.4 Å². The van der Waals surface area contributed by atoms with Gasteiger partial charge in [0, 0.05) is 12.1 Å². The summed E-state index contributed by atoms with van der Waals surface area (Å²) in [7, 11) is 0. The van der Waals surface area contributed by atoms with E-state index in [2.05, 4.69) is 4.90 Å². The second kappa shape index (κ2) is 11.4. The number of hydrogen-bond acceptors (Lipinski definition) is 7. The van der Waals surface area contributed by atoms with E-state index >= 15 is 0 Å². The highest BCUT2D eigenvalue weighted by Crippen LogP contribution is 2.32. The van der Waals surface area contributed by atoms with E-state index in [4.69, 9.17) is 23.5 Å². The number of carbonyl (C=O) groups is 2. The maximum Gasteiger partial charge on any atom is 0.338 e. The van der Waals surface area contributed by atoms with Gasteiger partial charge in [0.15, 0.2) is 18.1 Å². The number of furan rings is 2. The number of nitrogens with zero attached hydrogens (tertiary/aromatic N) is 3. The Morgan fingerprint density at radius 2 is 1.33 bits per heavy atom. The van der Waals surface area contributed by atoms with E-state index in [1.165, 1.54) is 12.8 Å². The third-order valence-corrected chi connectivity index (χ3v) is 7.96. The summed E-state index contributed by atoms with van der Waals surface area (Å²) in [5.41, 5.74) is 2.50. The van der Waals surface area contributed by atoms with Gasteiger partial charge < -0.3 is 18.5 Å². The lowest BCUT2D eigenvalue weighted by Gasteiger charge is -2.41. The van der Waals surface area contributed by atoms with Crippen molar-refractivity contribution in [2.75, 3.05) is 6.61 Å². The molecule has 0 N–H and O–H groups in total. The Morgan fingerprint density at radius 1 is 0.769 bits per heavy atom. The summed E-state index contributed by atoms with van der Waals surface area (Å²) in [5, 5.41) is 0. The quantitative estimate of drug-likeness (QED) is 0.244. The van der Waals surface area contributed by atoms with Crippen molar-refractivity contribution >= 4 is 22.9 Å². The molecule has 6 rings (SSSR count). The molecular weight excluding hydrogens is 494 g/mol. The molecule has 39 heavy (non-hydrogen) atoms. The van der Waals surface area contributed by atoms with Crippen LogP contribution in [0.5, 0.6) is 0 Å². The fraction of sp³-hybridized carbons (Fsp3) is 0.419. The van der Waals surface area contributed by atoms with Gasteiger partial charge in [-0.25, -0.2) is 14.8 Å². The number of fused-ring (bicyclic) bond motifs is 1. The number of carbonyl (C=O) groups excluding carboxylic acids is 2. The molecule has 0 aliphatic heterocycles. The zero-order valence-corrected chi connectivity index (χ0v) is 22.0. The smallest absolute Gasteiger partial charge is 0.338 e. The van der Waals surface area contributed by atoms with Gasteiger partial charge in [-0.2, -0.15) is 0 Å². The van der Waals surface area contributed by atoms with Gasteiger partial charge in [-0.05, 0) is 68.1 Å². The third kappa shape index (κ3) is 5.46. The number of rotatable bonds is 7. The molecule has 8 heteroatoms. The van der Waals surface area contributed by atoms with Crippen LogP contribution in [0.3, 0.4) is 0 Å². The zero-order chi connectivity index (χ0) is 26.6. The summed E-state index contributed by atoms with van der Waals surface area (Å²) in [6.45, 7) is -0.245. The molecule has 2 fully saturated rings. The Hall–Kier alpha value is -3.94. The molecule has 4 aromatic rings. The second-order valence-corrected chi connectivity index (χ2v) is 10.5. The summed E-state index contributed by atoms with van der Waals surface area (Å²) in [6, 6.07) is 12.7. The van der Waals surface area contributed by atoms with E-state index in [1.807, 2.05) is 6.07 Å². The Balaban J connectivity index is 1.21. The van der Waals surface area contributed by atoms with Crippen molar-refractivity contribution in [3.8, 4) is 22.9 Å². The summed E-state index contributed by atoms with van der Waals surface area (Å²) in [6.07, 6.45) is 14.4. The van der Waals surface area contributed by atoms with Gasteiger partial charge in [0.2, 0.25) is 0 Å². The predicted molar refractivity (Wildman–Crippen MR) is 146 cm³/mol. The van der Waals surface area contributed by atoms with Crippen molar-refractivity contribution in [3.63, 3.8) is 0 Å². The normalized spacial score (nSPS) is 16.8. The van der Waals surface area contributed by atoms with Crippen LogP contribution in [0.2, 0.25) is 0 Å². The van der Waals surface area contributed by atoms with E-state index < -0.39 is 5.97 Å². The van der Waals surface area contributed by atoms with Crippen molar-refractivity contribution in [2.45, 2.75) is 76.3 Å². The van der Waals surface area contributed by atoms with Gasteiger partial charge in [-0.15, -0.1) is 0 Å². The summed E-state index contributed by atoms with van der Waals surface area (Å²) < 4.78 is 16.7. The molecule has 202 valence electrons. The number of amides is 1. The van der Waals surface area contributed by atoms with Crippen LogP contribution >= 0.6 is 0 Å². The number of hydrogen-bond donors (Lipinski definition) is 0. The first kappa shape index (κ1) is 25.3. The first-order valence-corrected chi connectivity index (χ1v) is 14.1. The van der Waals surface area contributed by atoms with E-state index in [-0.39, 0.29) is 24.6 Å². The van der Waals surface area contributed by atoms with Crippen LogP contribution in [0.25, 0.3) is 33.9 Å². The molecular formula is C31H33N3O5. The highest BCUT2D eigenvalue weighted by Gasteiger charge is 2.33. The van der Waals surface area contributed by atoms with Crippen LogP contribution in [0.1, 0.15) is 74.6 Å². The molecule has 0 atom stereocenters. The monoisotopic (exact) mass is 527 g/mol. The van der Waals surface area contributed by atoms with Gasteiger partial charge >= 0.3 is 5.97 Å². The maximum absolute atomic E-state index is 13.4. The minimum absolute atomic E-state index is 0.0778. The van der Waals surface area contributed by atoms with Gasteiger partial charge in [-0.1, -0.05) is 38.5 Å². The lowest BCUT2D eigenvalue weighted by molar-refractivity contribution is -0.141. The Kier molecular flexibility index (Phi) is 7.43. The number of aromatic nitrogens is 2. The second-order valence-electron chi connectivity index (χ2n) is 10.5. The average molecular weight is 528 g/mol. The summed E-state index contributed by atoms with van der Waals surface area (Å²) in [4.78, 5) is 38.1. The minimum atomic E-state index is -0.547. The third-order valence-electron chi connectivity index (χ3n) is 7.96. The Morgan fingerprint density at radius 3 is 1.87 bits per heavy atom. The highest BCUT2D eigenvalue weighted by molar-refractivity contribution is 5.95. The van der Waals surface area contributed by atoms with Crippen molar-refractivity contribution in [1.82, 2.24) is 14.9 Å². The molecule has 2 aliphatic rings. The standard InChI is InChI=1S/C31H33N3O5/c35-28(34(22-9-3-1-4-10-22)23-11-5-2-6-12-23)20-39-31(36)21-15-16-24-25(19-21)33-30(27-14-8-18-38-27)29(32-24)26-13-7-17-37-26/h7-8,13-19,22-23H,1-6,9-12,20H2. The Labute approximate surface area is 227 Å². The van der Waals surface area contributed by atoms with Crippen molar-refractivity contribution in [1.29, 1.82) is 0 Å². The minimum Gasteiger partial charge on any atom is -0.463 e. The molecule has 2 saturated carbocycles. The van der Waals surface area contributed by atoms with E-state index in [0.717, 1.165) is 51.4 Å². The van der Waals surface area contributed by atoms with Crippen LogP contribution in [-0.2, 0) is 9.53 Å². The van der Waals surface area contributed by atoms with E-state index in [1.54, 1.807) is 48.9 Å². The molecule has 0 spiro atoms. The maximum atomic E-state index is 13.4. The van der Waals surface area contributed by atoms with Gasteiger partial charge in [-0.3, -0.25) is 4.79 Å². The summed E-state index contributed by atoms with van der Waals surface area (Å²) in [5.74, 6) is 0.484. The van der Waals surface area contributed by atoms with Crippen molar-refractivity contribution in [2.24, 2.45) is 0 Å². The fourth-order valence-corrected chi connectivity index (χ4v) is 6.06. The Bertz CT molecular complexity index is 1400. The molecule has 2 aliphatic carbocycles. The number of benzene rings is 1. The van der Waals surface area contributed by atoms with Crippen LogP contribution in [0, 0.1) is 0 Å². The molecule has 8 nitrogen and oxygen atoms in total. The van der Waals surface area contributed by atoms with E-state index in [9.17, 15) is 9.59 Å². The SMILES string of the molecule is O=C(OCC(=O)N(C1CCCCC1)C1CCCCC1)c1ccc2nc(-c3ccco3)c(-c3ccco3)nc2c1. The molecule has 0 saturated heterocycles. The molecule has 0 radical (unpaired) electrons. The summed E-state index contributed by atoms with van der Waals surface area (Å²) >= 11 is 0. The molecule has 0 bridgehead atoms. The van der Waals surface area contributed by atoms with Crippen molar-refractivity contribution in [3.05, 3.63) is 60.6 Å². The fourth-order valence-electron chi connectivity index (χ4n) is 6.06. The van der Waals surface area contributed by atoms with Gasteiger partial charge in [0.1, 0.15) is 11.4 Å². The largest absolute Gasteiger partial charge is 0.463 e. The number of ether oxygens (including phenoxy) is 1. The first-order valence-electron chi connectivity index (χ1n) is 14.1. The topological polar surface area (TPSA) is 98.7 Å². The predicted octanol–water partition coefficient (Wildman–Crippen LogP) is 6.80. The van der Waals surface area contributed by atoms with Crippen LogP contribution < -0.4 is 0 Å². The first-order chi connectivity index (χ1) is 19.2. The molecule has 1 amide bonds. The van der Waals surface area contributed by atoms with E-state index in [0.29, 0.717) is 39.5 Å². The molecule has 1 aromatic carbocycles. The molecule has 3 aromatic heterocycles. The molecule has 0 unspecified atom stereocenters. The average Bonchev–Trinajstić information content (AvgIpc) is 3.72. The highest BCUT2D eigenvalue weighted by atomic mass is 16.5. The van der Waals surface area contributed by atoms with Crippen LogP contribution in [0.15, 0.2) is 63.8 Å². The zero-order valence-electron chi connectivity index (χ0n) is 22.0. The lowest BCUT2D eigenvalue weighted by atomic mass is 9.88. The van der Waals surface area contributed by atoms with Gasteiger partial charge in [0.05, 0.1) is 29.1 Å². The molecule has 3 heterocycles.